The summed E-state index contributed by atoms with van der Waals surface area (Å²) in [5.41, 5.74) is 4.88. The molecule has 1 atom stereocenters. The number of aryl methyl sites for hydroxylation is 2. The van der Waals surface area contributed by atoms with Crippen molar-refractivity contribution in [3.63, 3.8) is 0 Å². The van der Waals surface area contributed by atoms with Gasteiger partial charge in [-0.2, -0.15) is 0 Å². The van der Waals surface area contributed by atoms with Crippen LogP contribution in [0.3, 0.4) is 0 Å². The van der Waals surface area contributed by atoms with Gasteiger partial charge in [-0.3, -0.25) is 0 Å². The number of imidazole rings is 1. The maximum absolute atomic E-state index is 4.74. The van der Waals surface area contributed by atoms with E-state index < -0.39 is 0 Å². The third kappa shape index (κ3) is 1.52. The van der Waals surface area contributed by atoms with Gasteiger partial charge in [-0.05, 0) is 44.0 Å². The molecular formula is C13H17N3. The van der Waals surface area contributed by atoms with E-state index in [1.807, 2.05) is 0 Å². The molecule has 2 N–H and O–H groups in total. The smallest absolute Gasteiger partial charge is 0.111 e. The van der Waals surface area contributed by atoms with E-state index in [4.69, 9.17) is 4.98 Å². The molecule has 1 saturated heterocycles. The molecule has 1 unspecified atom stereocenters. The molecule has 3 rings (SSSR count). The van der Waals surface area contributed by atoms with Crippen molar-refractivity contribution >= 4 is 11.0 Å². The largest absolute Gasteiger partial charge is 0.342 e. The van der Waals surface area contributed by atoms with Crippen LogP contribution in [0.25, 0.3) is 11.0 Å². The number of H-pyrrole nitrogens is 1. The highest BCUT2D eigenvalue weighted by atomic mass is 15.0. The van der Waals surface area contributed by atoms with Gasteiger partial charge in [0.25, 0.3) is 0 Å². The lowest BCUT2D eigenvalue weighted by Crippen LogP contribution is -2.08. The predicted molar refractivity (Wildman–Crippen MR) is 65.8 cm³/mol. The van der Waals surface area contributed by atoms with E-state index >= 15 is 0 Å². The van der Waals surface area contributed by atoms with E-state index in [1.165, 1.54) is 23.1 Å². The van der Waals surface area contributed by atoms with Gasteiger partial charge in [0.2, 0.25) is 0 Å². The third-order valence-corrected chi connectivity index (χ3v) is 3.39. The number of hydrogen-bond donors (Lipinski definition) is 2. The zero-order valence-corrected chi connectivity index (χ0v) is 9.80. The average Bonchev–Trinajstić information content (AvgIpc) is 2.82. The molecule has 0 spiro atoms. The number of nitrogens with one attached hydrogen (secondary N) is 2. The second-order valence-corrected chi connectivity index (χ2v) is 4.79. The van der Waals surface area contributed by atoms with E-state index in [2.05, 4.69) is 36.3 Å². The second kappa shape index (κ2) is 3.59. The van der Waals surface area contributed by atoms with Gasteiger partial charge in [-0.25, -0.2) is 4.98 Å². The molecule has 16 heavy (non-hydrogen) atoms. The van der Waals surface area contributed by atoms with Gasteiger partial charge in [0.1, 0.15) is 5.82 Å². The lowest BCUT2D eigenvalue weighted by atomic mass is 10.1. The summed E-state index contributed by atoms with van der Waals surface area (Å²) >= 11 is 0. The molecule has 0 radical (unpaired) electrons. The summed E-state index contributed by atoms with van der Waals surface area (Å²) in [6.07, 6.45) is 1.19. The molecule has 1 aromatic heterocycles. The normalized spacial score (nSPS) is 20.8. The Kier molecular flexibility index (Phi) is 2.21. The lowest BCUT2D eigenvalue weighted by molar-refractivity contribution is 0.717. The van der Waals surface area contributed by atoms with Crippen molar-refractivity contribution in [2.75, 3.05) is 13.1 Å². The van der Waals surface area contributed by atoms with Gasteiger partial charge in [0.05, 0.1) is 11.0 Å². The van der Waals surface area contributed by atoms with Crippen molar-refractivity contribution in [3.05, 3.63) is 29.1 Å². The minimum atomic E-state index is 0.562. The summed E-state index contributed by atoms with van der Waals surface area (Å²) in [5, 5.41) is 3.38. The highest BCUT2D eigenvalue weighted by molar-refractivity contribution is 5.79. The van der Waals surface area contributed by atoms with Gasteiger partial charge in [-0.1, -0.05) is 6.07 Å². The van der Waals surface area contributed by atoms with Crippen LogP contribution in [0.1, 0.15) is 29.3 Å². The van der Waals surface area contributed by atoms with Crippen molar-refractivity contribution in [1.29, 1.82) is 0 Å². The summed E-state index contributed by atoms with van der Waals surface area (Å²) < 4.78 is 0. The fourth-order valence-corrected chi connectivity index (χ4v) is 2.57. The molecule has 1 aromatic carbocycles. The third-order valence-electron chi connectivity index (χ3n) is 3.39. The molecule has 0 bridgehead atoms. The van der Waals surface area contributed by atoms with Crippen molar-refractivity contribution < 1.29 is 0 Å². The average molecular weight is 215 g/mol. The Bertz CT molecular complexity index is 521. The van der Waals surface area contributed by atoms with Crippen LogP contribution in [0.4, 0.5) is 0 Å². The summed E-state index contributed by atoms with van der Waals surface area (Å²) in [4.78, 5) is 8.21. The van der Waals surface area contributed by atoms with Crippen LogP contribution >= 0.6 is 0 Å². The Hall–Kier alpha value is -1.35. The Labute approximate surface area is 95.3 Å². The second-order valence-electron chi connectivity index (χ2n) is 4.79. The van der Waals surface area contributed by atoms with Crippen LogP contribution in [0, 0.1) is 13.8 Å². The maximum Gasteiger partial charge on any atom is 0.111 e. The Morgan fingerprint density at radius 2 is 2.19 bits per heavy atom. The SMILES string of the molecule is Cc1cc(C)c2nc(C3CCNC3)[nH]c2c1. The number of nitrogens with zero attached hydrogens (tertiary/aromatic N) is 1. The van der Waals surface area contributed by atoms with Crippen LogP contribution in [-0.4, -0.2) is 23.1 Å². The van der Waals surface area contributed by atoms with Crippen molar-refractivity contribution in [2.45, 2.75) is 26.2 Å². The zero-order valence-electron chi connectivity index (χ0n) is 9.80. The number of benzene rings is 1. The predicted octanol–water partition coefficient (Wildman–Crippen LogP) is 2.26. The summed E-state index contributed by atoms with van der Waals surface area (Å²) in [7, 11) is 0. The quantitative estimate of drug-likeness (QED) is 0.766. The van der Waals surface area contributed by atoms with Crippen LogP contribution in [-0.2, 0) is 0 Å². The van der Waals surface area contributed by atoms with Crippen molar-refractivity contribution in [3.8, 4) is 0 Å². The van der Waals surface area contributed by atoms with Crippen molar-refractivity contribution in [1.82, 2.24) is 15.3 Å². The topological polar surface area (TPSA) is 40.7 Å². The van der Waals surface area contributed by atoms with Crippen LogP contribution in [0.15, 0.2) is 12.1 Å². The number of aromatic amines is 1. The number of rotatable bonds is 1. The molecule has 1 aliphatic rings. The van der Waals surface area contributed by atoms with E-state index in [1.54, 1.807) is 0 Å². The van der Waals surface area contributed by atoms with Gasteiger partial charge in [-0.15, -0.1) is 0 Å². The standard InChI is InChI=1S/C13H17N3/c1-8-5-9(2)12-11(6-8)15-13(16-12)10-3-4-14-7-10/h5-6,10,14H,3-4,7H2,1-2H3,(H,15,16). The first kappa shape index (κ1) is 9.85. The molecule has 84 valence electrons. The maximum atomic E-state index is 4.74. The van der Waals surface area contributed by atoms with Gasteiger partial charge < -0.3 is 10.3 Å². The summed E-state index contributed by atoms with van der Waals surface area (Å²) in [6.45, 7) is 6.43. The molecule has 0 aliphatic carbocycles. The van der Waals surface area contributed by atoms with Crippen LogP contribution in [0.2, 0.25) is 0 Å². The van der Waals surface area contributed by atoms with Gasteiger partial charge >= 0.3 is 0 Å². The number of fused-ring (bicyclic) bond motifs is 1. The Balaban J connectivity index is 2.11. The zero-order chi connectivity index (χ0) is 11.1. The first-order valence-electron chi connectivity index (χ1n) is 5.91. The molecule has 1 fully saturated rings. The van der Waals surface area contributed by atoms with E-state index in [0.29, 0.717) is 5.92 Å². The van der Waals surface area contributed by atoms with Crippen LogP contribution < -0.4 is 5.32 Å². The first-order chi connectivity index (χ1) is 7.74. The number of hydrogen-bond acceptors (Lipinski definition) is 2. The molecule has 1 aliphatic heterocycles. The monoisotopic (exact) mass is 215 g/mol. The fourth-order valence-electron chi connectivity index (χ4n) is 2.57. The highest BCUT2D eigenvalue weighted by Crippen LogP contribution is 2.24. The summed E-state index contributed by atoms with van der Waals surface area (Å²) in [5.74, 6) is 1.71. The minimum Gasteiger partial charge on any atom is -0.342 e. The van der Waals surface area contributed by atoms with Gasteiger partial charge in [0.15, 0.2) is 0 Å². The van der Waals surface area contributed by atoms with E-state index in [-0.39, 0.29) is 0 Å². The molecule has 3 nitrogen and oxygen atoms in total. The molecular weight excluding hydrogens is 198 g/mol. The Morgan fingerprint density at radius 3 is 2.94 bits per heavy atom. The van der Waals surface area contributed by atoms with Crippen molar-refractivity contribution in [2.24, 2.45) is 0 Å². The van der Waals surface area contributed by atoms with E-state index in [9.17, 15) is 0 Å². The molecule has 0 amide bonds. The minimum absolute atomic E-state index is 0.562. The molecule has 2 heterocycles. The summed E-state index contributed by atoms with van der Waals surface area (Å²) in [6, 6.07) is 4.38. The fraction of sp³-hybridized carbons (Fsp3) is 0.462. The molecule has 3 heteroatoms. The number of aromatic nitrogens is 2. The lowest BCUT2D eigenvalue weighted by Gasteiger charge is -2.01. The molecule has 2 aromatic rings. The van der Waals surface area contributed by atoms with Gasteiger partial charge in [0, 0.05) is 12.5 Å². The first-order valence-corrected chi connectivity index (χ1v) is 5.91. The Morgan fingerprint density at radius 1 is 1.31 bits per heavy atom. The molecule has 0 saturated carbocycles. The van der Waals surface area contributed by atoms with Crippen LogP contribution in [0.5, 0.6) is 0 Å². The van der Waals surface area contributed by atoms with E-state index in [0.717, 1.165) is 24.4 Å². The highest BCUT2D eigenvalue weighted by Gasteiger charge is 2.20.